The average molecular weight is 825 g/mol. The topological polar surface area (TPSA) is 167 Å². The fraction of sp³-hybridized carbons (Fsp3) is 0.409. The Kier molecular flexibility index (Phi) is 11.5. The van der Waals surface area contributed by atoms with Crippen molar-refractivity contribution in [3.8, 4) is 33.6 Å². The molecule has 3 aromatic heterocycles. The first-order valence-corrected chi connectivity index (χ1v) is 20.2. The van der Waals surface area contributed by atoms with E-state index in [1.54, 1.807) is 24.2 Å². The molecule has 3 amide bonds. The van der Waals surface area contributed by atoms with E-state index in [1.807, 2.05) is 48.5 Å². The minimum absolute atomic E-state index is 0.0627. The van der Waals surface area contributed by atoms with Crippen molar-refractivity contribution in [2.75, 3.05) is 20.8 Å². The van der Waals surface area contributed by atoms with Crippen molar-refractivity contribution in [2.24, 2.45) is 17.8 Å². The zero-order valence-electron chi connectivity index (χ0n) is 33.5. The molecule has 8 rings (SSSR count). The molecule has 1 aliphatic heterocycles. The number of alkyl carbamates (subject to hydrolysis) is 1. The van der Waals surface area contributed by atoms with Crippen LogP contribution in [0.5, 0.6) is 0 Å². The number of nitrogens with zero attached hydrogens (tertiary/aromatic N) is 4. The number of aromatic nitrogens is 5. The number of methoxy groups -OCH3 is 2. The Labute approximate surface area is 344 Å². The summed E-state index contributed by atoms with van der Waals surface area (Å²) in [5, 5.41) is 5.40. The molecule has 2 bridgehead atoms. The summed E-state index contributed by atoms with van der Waals surface area (Å²) < 4.78 is 50.7. The van der Waals surface area contributed by atoms with Crippen molar-refractivity contribution in [1.29, 1.82) is 0 Å². The van der Waals surface area contributed by atoms with E-state index in [1.165, 1.54) is 26.4 Å². The van der Waals surface area contributed by atoms with Crippen LogP contribution in [0.3, 0.4) is 0 Å². The highest BCUT2D eigenvalue weighted by atomic mass is 19.4. The third-order valence-corrected chi connectivity index (χ3v) is 12.5. The van der Waals surface area contributed by atoms with Gasteiger partial charge in [-0.3, -0.25) is 14.6 Å². The van der Waals surface area contributed by atoms with Crippen LogP contribution in [0.25, 0.3) is 33.6 Å². The number of benzene rings is 2. The summed E-state index contributed by atoms with van der Waals surface area (Å²) in [6.45, 7) is 2.00. The van der Waals surface area contributed by atoms with Crippen LogP contribution >= 0.6 is 0 Å². The second kappa shape index (κ2) is 16.9. The van der Waals surface area contributed by atoms with Crippen molar-refractivity contribution < 1.29 is 37.0 Å². The highest BCUT2D eigenvalue weighted by Gasteiger charge is 2.52. The molecule has 0 radical (unpaired) electrons. The number of ether oxygens (including phenoxy) is 2. The molecule has 1 saturated heterocycles. The number of imidazole rings is 2. The molecule has 314 valence electrons. The largest absolute Gasteiger partial charge is 0.453 e. The number of carbonyl (C=O) groups is 3. The Hall–Kier alpha value is -6.03. The normalized spacial score (nSPS) is 22.1. The molecule has 16 heteroatoms. The van der Waals surface area contributed by atoms with Crippen LogP contribution in [-0.2, 0) is 31.8 Å². The standard InChI is InChI=1S/C44H47F3N8O5/c1-24(59-2)37(54-43(58)60-3)42(57)55-19-5-7-34(55)39-49-22-32(52-39)27-12-8-25(9-13-27)26-10-14-28(15-11-26)33-23-50-40(53-33)35-29-16-17-30(20-29)36(35)41(56)51-21-31-6-4-18-48-38(31)44(45,46)47/h4,6,8-15,18,22-24,29-30,34-37H,5,7,16-17,19-21H2,1-3H3,(H,49,52)(H,50,53)(H,51,56)(H,54,58)/t24-,29?,30?,34+,35-,36?,37+/m1/s1. The van der Waals surface area contributed by atoms with E-state index in [0.717, 1.165) is 77.8 Å². The Morgan fingerprint density at radius 1 is 0.850 bits per heavy atom. The number of fused-ring (bicyclic) bond motifs is 2. The lowest BCUT2D eigenvalue weighted by molar-refractivity contribution is -0.142. The molecule has 4 heterocycles. The predicted octanol–water partition coefficient (Wildman–Crippen LogP) is 7.42. The van der Waals surface area contributed by atoms with Crippen LogP contribution in [0.4, 0.5) is 18.0 Å². The van der Waals surface area contributed by atoms with Gasteiger partial charge in [-0.25, -0.2) is 14.8 Å². The second-order valence-corrected chi connectivity index (χ2v) is 15.9. The number of hydrogen-bond acceptors (Lipinski definition) is 8. The summed E-state index contributed by atoms with van der Waals surface area (Å²) in [6, 6.07) is 17.8. The number of hydrogen-bond donors (Lipinski definition) is 4. The lowest BCUT2D eigenvalue weighted by atomic mass is 9.78. The maximum absolute atomic E-state index is 13.6. The van der Waals surface area contributed by atoms with E-state index < -0.39 is 30.1 Å². The van der Waals surface area contributed by atoms with Gasteiger partial charge in [0.2, 0.25) is 11.8 Å². The van der Waals surface area contributed by atoms with Crippen molar-refractivity contribution >= 4 is 17.9 Å². The Balaban J connectivity index is 0.917. The second-order valence-electron chi connectivity index (χ2n) is 15.9. The zero-order valence-corrected chi connectivity index (χ0v) is 33.5. The number of alkyl halides is 3. The first-order valence-electron chi connectivity index (χ1n) is 20.2. The molecule has 5 aromatic rings. The third-order valence-electron chi connectivity index (χ3n) is 12.5. The summed E-state index contributed by atoms with van der Waals surface area (Å²) in [7, 11) is 2.74. The molecule has 7 atom stereocenters. The van der Waals surface area contributed by atoms with Gasteiger partial charge in [0.05, 0.1) is 49.0 Å². The number of halogens is 3. The number of carbonyl (C=O) groups excluding carboxylic acids is 3. The van der Waals surface area contributed by atoms with Crippen molar-refractivity contribution in [1.82, 2.24) is 40.5 Å². The van der Waals surface area contributed by atoms with Crippen LogP contribution in [0.1, 0.15) is 73.9 Å². The Morgan fingerprint density at radius 2 is 1.47 bits per heavy atom. The van der Waals surface area contributed by atoms with Crippen molar-refractivity contribution in [3.05, 3.63) is 102 Å². The van der Waals surface area contributed by atoms with Crippen LogP contribution in [0.2, 0.25) is 0 Å². The lowest BCUT2D eigenvalue weighted by Crippen LogP contribution is -2.54. The van der Waals surface area contributed by atoms with Crippen LogP contribution < -0.4 is 10.6 Å². The molecule has 2 aromatic carbocycles. The molecule has 60 heavy (non-hydrogen) atoms. The van der Waals surface area contributed by atoms with E-state index >= 15 is 0 Å². The molecule has 3 aliphatic rings. The fourth-order valence-electron chi connectivity index (χ4n) is 9.38. The molecular formula is C44H47F3N8O5. The molecule has 13 nitrogen and oxygen atoms in total. The van der Waals surface area contributed by atoms with Crippen LogP contribution in [0.15, 0.2) is 79.3 Å². The number of nitrogens with one attached hydrogen (secondary N) is 4. The van der Waals surface area contributed by atoms with E-state index in [4.69, 9.17) is 14.5 Å². The summed E-state index contributed by atoms with van der Waals surface area (Å²) in [6.07, 6.45) is 3.07. The van der Waals surface area contributed by atoms with Gasteiger partial charge in [0.15, 0.2) is 0 Å². The summed E-state index contributed by atoms with van der Waals surface area (Å²) in [5.41, 5.74) is 4.49. The maximum atomic E-state index is 13.6. The molecular weight excluding hydrogens is 778 g/mol. The Morgan fingerprint density at radius 3 is 2.10 bits per heavy atom. The first kappa shape index (κ1) is 40.7. The van der Waals surface area contributed by atoms with Crippen molar-refractivity contribution in [2.45, 2.75) is 75.9 Å². The van der Waals surface area contributed by atoms with E-state index in [9.17, 15) is 27.6 Å². The first-order chi connectivity index (χ1) is 28.9. The van der Waals surface area contributed by atoms with Crippen LogP contribution in [0, 0.1) is 17.8 Å². The number of H-pyrrole nitrogens is 2. The summed E-state index contributed by atoms with van der Waals surface area (Å²) in [4.78, 5) is 60.7. The third kappa shape index (κ3) is 8.12. The number of rotatable bonds is 12. The summed E-state index contributed by atoms with van der Waals surface area (Å²) in [5.74, 6) is 0.773. The van der Waals surface area contributed by atoms with Gasteiger partial charge in [-0.2, -0.15) is 13.2 Å². The smallest absolute Gasteiger partial charge is 0.433 e. The fourth-order valence-corrected chi connectivity index (χ4v) is 9.38. The number of pyridine rings is 1. The quantitative estimate of drug-likeness (QED) is 0.101. The van der Waals surface area contributed by atoms with Gasteiger partial charge < -0.3 is 35.0 Å². The van der Waals surface area contributed by atoms with Crippen molar-refractivity contribution in [3.63, 3.8) is 0 Å². The van der Waals surface area contributed by atoms with Gasteiger partial charge in [-0.15, -0.1) is 0 Å². The van der Waals surface area contributed by atoms with Gasteiger partial charge in [0.25, 0.3) is 0 Å². The minimum atomic E-state index is -4.61. The maximum Gasteiger partial charge on any atom is 0.433 e. The molecule has 2 saturated carbocycles. The highest BCUT2D eigenvalue weighted by Crippen LogP contribution is 2.56. The average Bonchev–Trinajstić information content (AvgIpc) is 4.13. The monoisotopic (exact) mass is 824 g/mol. The number of likely N-dealkylation sites (tertiary alicyclic amines) is 1. The lowest BCUT2D eigenvalue weighted by Gasteiger charge is -2.30. The van der Waals surface area contributed by atoms with Gasteiger partial charge in [-0.05, 0) is 79.2 Å². The van der Waals surface area contributed by atoms with E-state index in [0.29, 0.717) is 12.4 Å². The minimum Gasteiger partial charge on any atom is -0.453 e. The predicted molar refractivity (Wildman–Crippen MR) is 215 cm³/mol. The van der Waals surface area contributed by atoms with Gasteiger partial charge in [-0.1, -0.05) is 54.6 Å². The number of amides is 3. The molecule has 3 unspecified atom stereocenters. The molecule has 0 spiro atoms. The van der Waals surface area contributed by atoms with E-state index in [2.05, 4.69) is 30.6 Å². The van der Waals surface area contributed by atoms with E-state index in [-0.39, 0.29) is 53.6 Å². The molecule has 2 aliphatic carbocycles. The zero-order chi connectivity index (χ0) is 42.1. The molecule has 3 fully saturated rings. The SMILES string of the molecule is COC(=O)N[C@H](C(=O)N1CCC[C@H]1c1ncc(-c2ccc(-c3ccc(-c4cnc([C@@H]5C6CCC(C6)C5C(=O)NCc5cccnc5C(F)(F)F)[nH]4)cc3)cc2)[nH]1)[C@@H](C)OC. The van der Waals surface area contributed by atoms with Crippen LogP contribution in [-0.4, -0.2) is 80.6 Å². The highest BCUT2D eigenvalue weighted by molar-refractivity contribution is 5.87. The molecule has 4 N–H and O–H groups in total. The van der Waals surface area contributed by atoms with Gasteiger partial charge in [0.1, 0.15) is 23.4 Å². The van der Waals surface area contributed by atoms with Gasteiger partial charge >= 0.3 is 12.3 Å². The van der Waals surface area contributed by atoms with Gasteiger partial charge in [0, 0.05) is 37.9 Å². The Bertz CT molecular complexity index is 2330. The summed E-state index contributed by atoms with van der Waals surface area (Å²) >= 11 is 0. The number of aromatic amines is 2.